The van der Waals surface area contributed by atoms with E-state index in [-0.39, 0.29) is 18.1 Å². The van der Waals surface area contributed by atoms with Crippen molar-refractivity contribution in [2.45, 2.75) is 32.2 Å². The third-order valence-corrected chi connectivity index (χ3v) is 5.98. The van der Waals surface area contributed by atoms with Crippen LogP contribution in [-0.2, 0) is 11.3 Å². The lowest BCUT2D eigenvalue weighted by Crippen LogP contribution is -2.42. The summed E-state index contributed by atoms with van der Waals surface area (Å²) < 4.78 is 16.0. The summed E-state index contributed by atoms with van der Waals surface area (Å²) >= 11 is 1.22. The molecule has 146 valence electrons. The van der Waals surface area contributed by atoms with E-state index >= 15 is 0 Å². The van der Waals surface area contributed by atoms with E-state index in [4.69, 9.17) is 0 Å². The Bertz CT molecular complexity index is 1120. The van der Waals surface area contributed by atoms with Gasteiger partial charge in [0.1, 0.15) is 17.1 Å². The van der Waals surface area contributed by atoms with Crippen LogP contribution in [0.4, 0.5) is 4.39 Å². The Morgan fingerprint density at radius 2 is 1.68 bits per heavy atom. The van der Waals surface area contributed by atoms with Crippen LogP contribution in [0.1, 0.15) is 25.7 Å². The summed E-state index contributed by atoms with van der Waals surface area (Å²) in [5.41, 5.74) is -0.310. The number of fused-ring (bicyclic) bond motifs is 1. The maximum absolute atomic E-state index is 13.3. The molecule has 0 spiro atoms. The molecule has 0 unspecified atom stereocenters. The molecule has 0 atom stereocenters. The zero-order valence-corrected chi connectivity index (χ0v) is 16.1. The lowest BCUT2D eigenvalue weighted by molar-refractivity contribution is -0.131. The minimum absolute atomic E-state index is 0.118. The molecule has 0 radical (unpaired) electrons. The van der Waals surface area contributed by atoms with Gasteiger partial charge in [0.15, 0.2) is 0 Å². The van der Waals surface area contributed by atoms with Crippen molar-refractivity contribution >= 4 is 27.5 Å². The Morgan fingerprint density at radius 3 is 2.36 bits per heavy atom. The first-order valence-electron chi connectivity index (χ1n) is 9.33. The smallest absolute Gasteiger partial charge is 0.336 e. The van der Waals surface area contributed by atoms with Crippen LogP contribution in [0.15, 0.2) is 45.3 Å². The number of hydrogen-bond acceptors (Lipinski definition) is 4. The maximum Gasteiger partial charge on any atom is 0.336 e. The topological polar surface area (TPSA) is 64.3 Å². The molecule has 4 rings (SSSR count). The van der Waals surface area contributed by atoms with E-state index in [1.807, 2.05) is 0 Å². The normalized spacial score (nSPS) is 15.0. The zero-order valence-electron chi connectivity index (χ0n) is 15.3. The molecule has 0 N–H and O–H groups in total. The highest BCUT2D eigenvalue weighted by molar-refractivity contribution is 7.17. The molecular formula is C20H20FN3O3S. The lowest BCUT2D eigenvalue weighted by atomic mass is 10.2. The number of benzene rings is 1. The Hall–Kier alpha value is -2.74. The molecule has 1 aliphatic rings. The quantitative estimate of drug-likeness (QED) is 0.678. The van der Waals surface area contributed by atoms with Crippen molar-refractivity contribution in [2.24, 2.45) is 0 Å². The number of thiophene rings is 1. The molecule has 0 bridgehead atoms. The predicted molar refractivity (Wildman–Crippen MR) is 107 cm³/mol. The highest BCUT2D eigenvalue weighted by Gasteiger charge is 2.21. The van der Waals surface area contributed by atoms with Gasteiger partial charge < -0.3 is 4.90 Å². The van der Waals surface area contributed by atoms with Gasteiger partial charge >= 0.3 is 5.69 Å². The number of likely N-dealkylation sites (tertiary alicyclic amines) is 1. The van der Waals surface area contributed by atoms with Gasteiger partial charge in [-0.2, -0.15) is 0 Å². The number of rotatable bonds is 3. The molecule has 1 saturated heterocycles. The lowest BCUT2D eigenvalue weighted by Gasteiger charge is -2.21. The van der Waals surface area contributed by atoms with E-state index in [1.54, 1.807) is 16.3 Å². The van der Waals surface area contributed by atoms with Crippen LogP contribution < -0.4 is 11.2 Å². The van der Waals surface area contributed by atoms with Crippen LogP contribution in [0.3, 0.4) is 0 Å². The van der Waals surface area contributed by atoms with Crippen LogP contribution in [-0.4, -0.2) is 33.0 Å². The summed E-state index contributed by atoms with van der Waals surface area (Å²) in [5, 5.41) is 1.73. The molecule has 0 saturated carbocycles. The largest absolute Gasteiger partial charge is 0.341 e. The third-order valence-electron chi connectivity index (χ3n) is 5.09. The molecule has 6 nitrogen and oxygen atoms in total. The third kappa shape index (κ3) is 3.40. The van der Waals surface area contributed by atoms with Gasteiger partial charge in [-0.25, -0.2) is 13.8 Å². The first-order chi connectivity index (χ1) is 13.6. The number of carbonyl (C=O) groups excluding carboxylic acids is 1. The fourth-order valence-corrected chi connectivity index (χ4v) is 4.44. The summed E-state index contributed by atoms with van der Waals surface area (Å²) in [6, 6.07) is 6.86. The van der Waals surface area contributed by atoms with E-state index in [1.165, 1.54) is 40.2 Å². The summed E-state index contributed by atoms with van der Waals surface area (Å²) in [6.07, 6.45) is 4.13. The number of hydrogen-bond donors (Lipinski definition) is 0. The highest BCUT2D eigenvalue weighted by atomic mass is 32.1. The molecule has 28 heavy (non-hydrogen) atoms. The summed E-state index contributed by atoms with van der Waals surface area (Å²) in [5.74, 6) is -0.577. The van der Waals surface area contributed by atoms with Crippen LogP contribution in [0.25, 0.3) is 15.9 Å². The Kier molecular flexibility index (Phi) is 5.13. The minimum Gasteiger partial charge on any atom is -0.341 e. The van der Waals surface area contributed by atoms with Crippen molar-refractivity contribution in [1.29, 1.82) is 0 Å². The molecule has 1 fully saturated rings. The van der Waals surface area contributed by atoms with Crippen LogP contribution in [0.2, 0.25) is 0 Å². The molecule has 1 amide bonds. The second-order valence-electron chi connectivity index (χ2n) is 6.92. The first-order valence-corrected chi connectivity index (χ1v) is 10.2. The second-order valence-corrected chi connectivity index (χ2v) is 7.83. The molecule has 1 aromatic carbocycles. The van der Waals surface area contributed by atoms with Crippen molar-refractivity contribution < 1.29 is 9.18 Å². The van der Waals surface area contributed by atoms with Gasteiger partial charge in [-0.05, 0) is 48.6 Å². The van der Waals surface area contributed by atoms with E-state index in [0.29, 0.717) is 23.3 Å². The summed E-state index contributed by atoms with van der Waals surface area (Å²) in [7, 11) is 0. The van der Waals surface area contributed by atoms with E-state index < -0.39 is 17.1 Å². The number of halogens is 1. The van der Waals surface area contributed by atoms with E-state index in [2.05, 4.69) is 0 Å². The zero-order chi connectivity index (χ0) is 19.7. The van der Waals surface area contributed by atoms with Crippen LogP contribution >= 0.6 is 11.3 Å². The standard InChI is InChI=1S/C20H20FN3O3S/c21-14-5-7-15(8-6-14)24-19(26)18-16(9-12-28-18)23(20(24)27)13-17(25)22-10-3-1-2-4-11-22/h5-9,12H,1-4,10-11,13H2. The monoisotopic (exact) mass is 401 g/mol. The van der Waals surface area contributed by atoms with Crippen molar-refractivity contribution in [1.82, 2.24) is 14.0 Å². The molecule has 2 aromatic heterocycles. The van der Waals surface area contributed by atoms with Crippen molar-refractivity contribution in [3.05, 3.63) is 62.4 Å². The van der Waals surface area contributed by atoms with Crippen molar-refractivity contribution in [2.75, 3.05) is 13.1 Å². The Balaban J connectivity index is 1.80. The molecule has 8 heteroatoms. The SMILES string of the molecule is O=C(Cn1c(=O)n(-c2ccc(F)cc2)c(=O)c2sccc21)N1CCCCCC1. The molecular weight excluding hydrogens is 381 g/mol. The molecule has 1 aliphatic heterocycles. The van der Waals surface area contributed by atoms with Crippen LogP contribution in [0.5, 0.6) is 0 Å². The minimum atomic E-state index is -0.592. The average molecular weight is 401 g/mol. The number of amides is 1. The van der Waals surface area contributed by atoms with Crippen molar-refractivity contribution in [3.8, 4) is 5.69 Å². The van der Waals surface area contributed by atoms with Gasteiger partial charge in [0.2, 0.25) is 5.91 Å². The van der Waals surface area contributed by atoms with Crippen LogP contribution in [0, 0.1) is 5.82 Å². The highest BCUT2D eigenvalue weighted by Crippen LogP contribution is 2.17. The van der Waals surface area contributed by atoms with Crippen molar-refractivity contribution in [3.63, 3.8) is 0 Å². The van der Waals surface area contributed by atoms with Gasteiger partial charge in [0, 0.05) is 13.1 Å². The van der Waals surface area contributed by atoms with Gasteiger partial charge in [0.05, 0.1) is 11.2 Å². The van der Waals surface area contributed by atoms with Gasteiger partial charge in [-0.1, -0.05) is 12.8 Å². The number of aromatic nitrogens is 2. The fraction of sp³-hybridized carbons (Fsp3) is 0.350. The van der Waals surface area contributed by atoms with Gasteiger partial charge in [0.25, 0.3) is 5.56 Å². The second kappa shape index (κ2) is 7.71. The average Bonchev–Trinajstić information content (AvgIpc) is 3.01. The fourth-order valence-electron chi connectivity index (χ4n) is 3.61. The number of carbonyl (C=O) groups is 1. The Morgan fingerprint density at radius 1 is 1.00 bits per heavy atom. The van der Waals surface area contributed by atoms with E-state index in [0.717, 1.165) is 30.3 Å². The summed E-state index contributed by atoms with van der Waals surface area (Å²) in [6.45, 7) is 1.27. The Labute approximate surface area is 164 Å². The van der Waals surface area contributed by atoms with E-state index in [9.17, 15) is 18.8 Å². The first kappa shape index (κ1) is 18.6. The maximum atomic E-state index is 13.3. The number of nitrogens with zero attached hydrogens (tertiary/aromatic N) is 3. The van der Waals surface area contributed by atoms with Gasteiger partial charge in [-0.3, -0.25) is 14.2 Å². The molecule has 3 heterocycles. The summed E-state index contributed by atoms with van der Waals surface area (Å²) in [4.78, 5) is 40.6. The molecule has 0 aliphatic carbocycles. The molecule has 3 aromatic rings. The predicted octanol–water partition coefficient (Wildman–Crippen LogP) is 2.76. The van der Waals surface area contributed by atoms with Gasteiger partial charge in [-0.15, -0.1) is 11.3 Å².